The zero-order valence-corrected chi connectivity index (χ0v) is 19.8. The van der Waals surface area contributed by atoms with Gasteiger partial charge >= 0.3 is 5.97 Å². The van der Waals surface area contributed by atoms with E-state index >= 15 is 0 Å². The summed E-state index contributed by atoms with van der Waals surface area (Å²) in [6, 6.07) is 19.4. The highest BCUT2D eigenvalue weighted by molar-refractivity contribution is 9.10. The SMILES string of the molecule is CCOC(=O)c1ccc(NC(=O)/C(C#N)=C/c2cc(Br)ccc2OCc2ccccc2F)cc1. The number of carbonyl (C=O) groups is 2. The highest BCUT2D eigenvalue weighted by atomic mass is 79.9. The topological polar surface area (TPSA) is 88.4 Å². The monoisotopic (exact) mass is 522 g/mol. The van der Waals surface area contributed by atoms with Gasteiger partial charge in [-0.1, -0.05) is 34.1 Å². The molecule has 0 atom stereocenters. The number of anilines is 1. The summed E-state index contributed by atoms with van der Waals surface area (Å²) in [6.07, 6.45) is 1.39. The predicted octanol–water partition coefficient (Wildman–Crippen LogP) is 5.89. The Morgan fingerprint density at radius 3 is 2.53 bits per heavy atom. The summed E-state index contributed by atoms with van der Waals surface area (Å²) in [7, 11) is 0. The van der Waals surface area contributed by atoms with Gasteiger partial charge in [0.15, 0.2) is 0 Å². The van der Waals surface area contributed by atoms with Crippen LogP contribution in [0.1, 0.15) is 28.4 Å². The molecule has 0 radical (unpaired) electrons. The van der Waals surface area contributed by atoms with Gasteiger partial charge in [-0.3, -0.25) is 4.79 Å². The molecule has 0 aliphatic rings. The van der Waals surface area contributed by atoms with E-state index in [9.17, 15) is 19.2 Å². The van der Waals surface area contributed by atoms with Gasteiger partial charge in [0.05, 0.1) is 12.2 Å². The van der Waals surface area contributed by atoms with Gasteiger partial charge in [-0.2, -0.15) is 5.26 Å². The molecule has 1 N–H and O–H groups in total. The van der Waals surface area contributed by atoms with E-state index in [0.29, 0.717) is 32.6 Å². The lowest BCUT2D eigenvalue weighted by Crippen LogP contribution is -2.14. The molecule has 0 fully saturated rings. The van der Waals surface area contributed by atoms with Crippen LogP contribution >= 0.6 is 15.9 Å². The Morgan fingerprint density at radius 2 is 1.85 bits per heavy atom. The Labute approximate surface area is 204 Å². The highest BCUT2D eigenvalue weighted by Gasteiger charge is 2.13. The normalized spacial score (nSPS) is 10.8. The summed E-state index contributed by atoms with van der Waals surface area (Å²) in [5.74, 6) is -1.10. The van der Waals surface area contributed by atoms with Crippen LogP contribution in [0.2, 0.25) is 0 Å². The molecule has 0 unspecified atom stereocenters. The van der Waals surface area contributed by atoms with Crippen molar-refractivity contribution in [2.45, 2.75) is 13.5 Å². The molecule has 0 heterocycles. The fourth-order valence-electron chi connectivity index (χ4n) is 2.94. The Balaban J connectivity index is 1.78. The van der Waals surface area contributed by atoms with Crippen LogP contribution in [-0.4, -0.2) is 18.5 Å². The van der Waals surface area contributed by atoms with Crippen molar-refractivity contribution in [1.82, 2.24) is 0 Å². The molecule has 0 saturated carbocycles. The van der Waals surface area contributed by atoms with Crippen molar-refractivity contribution in [3.63, 3.8) is 0 Å². The lowest BCUT2D eigenvalue weighted by atomic mass is 10.1. The second kappa shape index (κ2) is 11.8. The van der Waals surface area contributed by atoms with E-state index in [0.717, 1.165) is 0 Å². The minimum atomic E-state index is -0.633. The molecule has 0 aliphatic heterocycles. The lowest BCUT2D eigenvalue weighted by Gasteiger charge is -2.11. The maximum atomic E-state index is 13.9. The predicted molar refractivity (Wildman–Crippen MR) is 129 cm³/mol. The quantitative estimate of drug-likeness (QED) is 0.226. The largest absolute Gasteiger partial charge is 0.488 e. The number of rotatable bonds is 8. The van der Waals surface area contributed by atoms with E-state index in [1.165, 1.54) is 24.3 Å². The Kier molecular flexibility index (Phi) is 8.54. The van der Waals surface area contributed by atoms with Crippen molar-refractivity contribution in [2.24, 2.45) is 0 Å². The second-order valence-electron chi connectivity index (χ2n) is 6.98. The first-order valence-electron chi connectivity index (χ1n) is 10.3. The molecule has 0 aromatic heterocycles. The summed E-state index contributed by atoms with van der Waals surface area (Å²) in [5.41, 5.74) is 1.44. The van der Waals surface area contributed by atoms with E-state index in [1.807, 2.05) is 6.07 Å². The number of hydrogen-bond donors (Lipinski definition) is 1. The van der Waals surface area contributed by atoms with Crippen molar-refractivity contribution in [1.29, 1.82) is 5.26 Å². The van der Waals surface area contributed by atoms with Gasteiger partial charge in [0.25, 0.3) is 5.91 Å². The third-order valence-electron chi connectivity index (χ3n) is 4.63. The van der Waals surface area contributed by atoms with Crippen LogP contribution in [0.4, 0.5) is 10.1 Å². The van der Waals surface area contributed by atoms with E-state index in [1.54, 1.807) is 55.5 Å². The number of benzene rings is 3. The number of halogens is 2. The fraction of sp³-hybridized carbons (Fsp3) is 0.115. The molecule has 172 valence electrons. The van der Waals surface area contributed by atoms with E-state index in [2.05, 4.69) is 21.2 Å². The average molecular weight is 523 g/mol. The van der Waals surface area contributed by atoms with Gasteiger partial charge in [0.1, 0.15) is 29.8 Å². The Hall–Kier alpha value is -3.96. The van der Waals surface area contributed by atoms with Gasteiger partial charge < -0.3 is 14.8 Å². The molecule has 0 spiro atoms. The van der Waals surface area contributed by atoms with Crippen LogP contribution in [0.15, 0.2) is 76.8 Å². The molecule has 8 heteroatoms. The second-order valence-corrected chi connectivity index (χ2v) is 7.90. The third kappa shape index (κ3) is 6.53. The molecule has 0 aliphatic carbocycles. The summed E-state index contributed by atoms with van der Waals surface area (Å²) in [6.45, 7) is 1.95. The minimum Gasteiger partial charge on any atom is -0.488 e. The van der Waals surface area contributed by atoms with E-state index in [-0.39, 0.29) is 24.6 Å². The molecular formula is C26H20BrFN2O4. The molecule has 0 bridgehead atoms. The maximum Gasteiger partial charge on any atom is 0.338 e. The van der Waals surface area contributed by atoms with E-state index < -0.39 is 11.9 Å². The first-order chi connectivity index (χ1) is 16.4. The van der Waals surface area contributed by atoms with Gasteiger partial charge in [-0.15, -0.1) is 0 Å². The number of hydrogen-bond acceptors (Lipinski definition) is 5. The number of nitriles is 1. The van der Waals surface area contributed by atoms with Crippen LogP contribution in [0.3, 0.4) is 0 Å². The number of esters is 1. The number of nitrogens with one attached hydrogen (secondary N) is 1. The van der Waals surface area contributed by atoms with Gasteiger partial charge in [-0.25, -0.2) is 9.18 Å². The summed E-state index contributed by atoms with van der Waals surface area (Å²) in [4.78, 5) is 24.5. The van der Waals surface area contributed by atoms with Gasteiger partial charge in [-0.05, 0) is 61.5 Å². The zero-order valence-electron chi connectivity index (χ0n) is 18.2. The van der Waals surface area contributed by atoms with Crippen LogP contribution in [0, 0.1) is 17.1 Å². The van der Waals surface area contributed by atoms with Crippen LogP contribution in [-0.2, 0) is 16.1 Å². The van der Waals surface area contributed by atoms with Crippen molar-refractivity contribution >= 4 is 39.6 Å². The van der Waals surface area contributed by atoms with Crippen molar-refractivity contribution in [2.75, 3.05) is 11.9 Å². The molecule has 1 amide bonds. The third-order valence-corrected chi connectivity index (χ3v) is 5.12. The van der Waals surface area contributed by atoms with Gasteiger partial charge in [0.2, 0.25) is 0 Å². The number of nitrogens with zero attached hydrogens (tertiary/aromatic N) is 1. The lowest BCUT2D eigenvalue weighted by molar-refractivity contribution is -0.112. The van der Waals surface area contributed by atoms with Crippen LogP contribution in [0.5, 0.6) is 5.75 Å². The van der Waals surface area contributed by atoms with Crippen LogP contribution < -0.4 is 10.1 Å². The van der Waals surface area contributed by atoms with Crippen molar-refractivity contribution in [3.05, 3.63) is 99.3 Å². The first kappa shape index (κ1) is 24.7. The average Bonchev–Trinajstić information content (AvgIpc) is 2.83. The molecule has 6 nitrogen and oxygen atoms in total. The molecule has 0 saturated heterocycles. The van der Waals surface area contributed by atoms with Crippen LogP contribution in [0.25, 0.3) is 6.08 Å². The number of amides is 1. The highest BCUT2D eigenvalue weighted by Crippen LogP contribution is 2.27. The standard InChI is InChI=1S/C26H20BrFN2O4/c1-2-33-26(32)17-7-10-22(11-8-17)30-25(31)20(15-29)13-19-14-21(27)9-12-24(19)34-16-18-5-3-4-6-23(18)28/h3-14H,2,16H2,1H3,(H,30,31)/b20-13+. The number of carbonyl (C=O) groups excluding carboxylic acids is 2. The molecule has 34 heavy (non-hydrogen) atoms. The Bertz CT molecular complexity index is 1270. The van der Waals surface area contributed by atoms with E-state index in [4.69, 9.17) is 9.47 Å². The smallest absolute Gasteiger partial charge is 0.338 e. The molecular weight excluding hydrogens is 503 g/mol. The summed E-state index contributed by atoms with van der Waals surface area (Å²) < 4.78 is 25.3. The first-order valence-corrected chi connectivity index (χ1v) is 11.1. The van der Waals surface area contributed by atoms with Crippen molar-refractivity contribution < 1.29 is 23.5 Å². The number of ether oxygens (including phenoxy) is 2. The van der Waals surface area contributed by atoms with Crippen molar-refractivity contribution in [3.8, 4) is 11.8 Å². The molecule has 3 rings (SSSR count). The fourth-order valence-corrected chi connectivity index (χ4v) is 3.32. The summed E-state index contributed by atoms with van der Waals surface area (Å²) in [5, 5.41) is 12.2. The minimum absolute atomic E-state index is 0.0178. The Morgan fingerprint density at radius 1 is 1.12 bits per heavy atom. The molecule has 3 aromatic carbocycles. The zero-order chi connectivity index (χ0) is 24.5. The summed E-state index contributed by atoms with van der Waals surface area (Å²) >= 11 is 3.37. The van der Waals surface area contributed by atoms with Gasteiger partial charge in [0, 0.05) is 21.3 Å². The molecule has 3 aromatic rings. The maximum absolute atomic E-state index is 13.9.